The van der Waals surface area contributed by atoms with Crippen molar-refractivity contribution in [2.45, 2.75) is 13.0 Å². The van der Waals surface area contributed by atoms with Gasteiger partial charge in [-0.15, -0.1) is 0 Å². The number of fused-ring (bicyclic) bond motifs is 1. The lowest BCUT2D eigenvalue weighted by Crippen LogP contribution is -2.25. The van der Waals surface area contributed by atoms with Crippen molar-refractivity contribution in [3.8, 4) is 0 Å². The lowest BCUT2D eigenvalue weighted by Gasteiger charge is -2.18. The molecular weight excluding hydrogens is 267 g/mol. The van der Waals surface area contributed by atoms with Gasteiger partial charge in [-0.2, -0.15) is 0 Å². The summed E-state index contributed by atoms with van der Waals surface area (Å²) in [5.41, 5.74) is 2.49. The van der Waals surface area contributed by atoms with Gasteiger partial charge in [-0.3, -0.25) is 0 Å². The first-order chi connectivity index (χ1) is 9.22. The summed E-state index contributed by atoms with van der Waals surface area (Å²) in [5, 5.41) is 6.63. The number of benzene rings is 1. The molecule has 0 saturated heterocycles. The molecule has 0 atom stereocenters. The zero-order valence-corrected chi connectivity index (χ0v) is 10.8. The van der Waals surface area contributed by atoms with Crippen molar-refractivity contribution >= 4 is 23.2 Å². The van der Waals surface area contributed by atoms with E-state index in [2.05, 4.69) is 20.6 Å². The highest BCUT2D eigenvalue weighted by Crippen LogP contribution is 2.23. The normalized spacial score (nSPS) is 14.0. The Kier molecular flexibility index (Phi) is 3.31. The van der Waals surface area contributed by atoms with Gasteiger partial charge in [0.25, 0.3) is 0 Å². The Morgan fingerprint density at radius 3 is 3.05 bits per heavy atom. The Morgan fingerprint density at radius 2 is 2.21 bits per heavy atom. The van der Waals surface area contributed by atoms with E-state index in [9.17, 15) is 4.39 Å². The van der Waals surface area contributed by atoms with Crippen molar-refractivity contribution in [3.63, 3.8) is 0 Å². The molecule has 0 amide bonds. The molecule has 2 N–H and O–H groups in total. The van der Waals surface area contributed by atoms with Gasteiger partial charge in [-0.1, -0.05) is 17.7 Å². The van der Waals surface area contributed by atoms with Crippen molar-refractivity contribution in [2.75, 3.05) is 11.9 Å². The highest BCUT2D eigenvalue weighted by atomic mass is 35.5. The summed E-state index contributed by atoms with van der Waals surface area (Å²) in [6, 6.07) is 6.15. The van der Waals surface area contributed by atoms with Crippen LogP contribution in [0, 0.1) is 5.82 Å². The summed E-state index contributed by atoms with van der Waals surface area (Å²) in [5.74, 6) is 0.0921. The minimum atomic E-state index is -0.307. The van der Waals surface area contributed by atoms with Gasteiger partial charge >= 0.3 is 0 Å². The van der Waals surface area contributed by atoms with Gasteiger partial charge in [0.2, 0.25) is 5.95 Å². The second kappa shape index (κ2) is 5.11. The van der Waals surface area contributed by atoms with Crippen molar-refractivity contribution in [1.29, 1.82) is 0 Å². The van der Waals surface area contributed by atoms with E-state index in [0.717, 1.165) is 24.2 Å². The maximum Gasteiger partial charge on any atom is 0.228 e. The van der Waals surface area contributed by atoms with Crippen LogP contribution in [0.1, 0.15) is 11.3 Å². The molecule has 0 fully saturated rings. The Morgan fingerprint density at radius 1 is 1.32 bits per heavy atom. The second-order valence-electron chi connectivity index (χ2n) is 4.33. The highest BCUT2D eigenvalue weighted by Gasteiger charge is 2.16. The predicted molar refractivity (Wildman–Crippen MR) is 72.1 cm³/mol. The third kappa shape index (κ3) is 2.67. The quantitative estimate of drug-likeness (QED) is 0.829. The van der Waals surface area contributed by atoms with Crippen LogP contribution < -0.4 is 10.6 Å². The number of aromatic nitrogens is 2. The molecule has 3 rings (SSSR count). The van der Waals surface area contributed by atoms with E-state index in [4.69, 9.17) is 11.6 Å². The van der Waals surface area contributed by atoms with Gasteiger partial charge in [0.05, 0.1) is 5.69 Å². The zero-order chi connectivity index (χ0) is 13.2. The van der Waals surface area contributed by atoms with Crippen LogP contribution >= 0.6 is 11.6 Å². The van der Waals surface area contributed by atoms with Gasteiger partial charge in [-0.25, -0.2) is 14.4 Å². The predicted octanol–water partition coefficient (Wildman–Crippen LogP) is 2.66. The lowest BCUT2D eigenvalue weighted by molar-refractivity contribution is 0.626. The van der Waals surface area contributed by atoms with Crippen molar-refractivity contribution in [3.05, 3.63) is 46.5 Å². The van der Waals surface area contributed by atoms with E-state index < -0.39 is 0 Å². The molecule has 1 aromatic heterocycles. The number of halogens is 2. The van der Waals surface area contributed by atoms with Gasteiger partial charge in [0.1, 0.15) is 11.0 Å². The van der Waals surface area contributed by atoms with Gasteiger partial charge in [0.15, 0.2) is 0 Å². The Hall–Kier alpha value is -1.72. The SMILES string of the molecule is Fc1cccc(Nc2nc(Cl)c3c(n2)CCNC3)c1. The molecule has 0 unspecified atom stereocenters. The summed E-state index contributed by atoms with van der Waals surface area (Å²) in [6.45, 7) is 1.56. The minimum absolute atomic E-state index is 0.307. The standard InChI is InChI=1S/C13H12ClFN4/c14-12-10-7-16-5-4-11(10)18-13(19-12)17-9-3-1-2-8(15)6-9/h1-3,6,16H,4-5,7H2,(H,17,18,19). The van der Waals surface area contributed by atoms with Crippen LogP contribution in [0.25, 0.3) is 0 Å². The second-order valence-corrected chi connectivity index (χ2v) is 4.68. The maximum atomic E-state index is 13.1. The molecule has 19 heavy (non-hydrogen) atoms. The summed E-state index contributed by atoms with van der Waals surface area (Å²) in [4.78, 5) is 8.62. The molecule has 1 aliphatic rings. The summed E-state index contributed by atoms with van der Waals surface area (Å²) < 4.78 is 13.1. The fourth-order valence-corrected chi connectivity index (χ4v) is 2.31. The van der Waals surface area contributed by atoms with Crippen LogP contribution in [0.5, 0.6) is 0 Å². The molecule has 0 aliphatic carbocycles. The van der Waals surface area contributed by atoms with Crippen LogP contribution in [0.15, 0.2) is 24.3 Å². The largest absolute Gasteiger partial charge is 0.324 e. The molecule has 6 heteroatoms. The number of nitrogens with one attached hydrogen (secondary N) is 2. The molecule has 1 aromatic carbocycles. The van der Waals surface area contributed by atoms with Gasteiger partial charge in [-0.05, 0) is 18.2 Å². The first-order valence-corrected chi connectivity index (χ1v) is 6.39. The van der Waals surface area contributed by atoms with Crippen molar-refractivity contribution in [2.24, 2.45) is 0 Å². The summed E-state index contributed by atoms with van der Waals surface area (Å²) in [6.07, 6.45) is 0.815. The number of anilines is 2. The van der Waals surface area contributed by atoms with Crippen LogP contribution in [0.2, 0.25) is 5.15 Å². The fraction of sp³-hybridized carbons (Fsp3) is 0.231. The van der Waals surface area contributed by atoms with E-state index in [1.54, 1.807) is 12.1 Å². The molecular formula is C13H12ClFN4. The molecule has 4 nitrogen and oxygen atoms in total. The first kappa shape index (κ1) is 12.3. The van der Waals surface area contributed by atoms with E-state index in [-0.39, 0.29) is 5.82 Å². The van der Waals surface area contributed by atoms with Gasteiger partial charge in [0, 0.05) is 30.8 Å². The Bertz CT molecular complexity index is 618. The maximum absolute atomic E-state index is 13.1. The average Bonchev–Trinajstić information content (AvgIpc) is 2.39. The van der Waals surface area contributed by atoms with Crippen LogP contribution in [-0.2, 0) is 13.0 Å². The summed E-state index contributed by atoms with van der Waals surface area (Å²) >= 11 is 6.14. The molecule has 0 radical (unpaired) electrons. The smallest absolute Gasteiger partial charge is 0.228 e. The zero-order valence-electron chi connectivity index (χ0n) is 10.1. The van der Waals surface area contributed by atoms with Crippen LogP contribution in [-0.4, -0.2) is 16.5 Å². The molecule has 98 valence electrons. The Balaban J connectivity index is 1.91. The molecule has 0 spiro atoms. The lowest BCUT2D eigenvalue weighted by atomic mass is 10.1. The molecule has 2 aromatic rings. The molecule has 0 saturated carbocycles. The first-order valence-electron chi connectivity index (χ1n) is 6.01. The van der Waals surface area contributed by atoms with E-state index in [0.29, 0.717) is 23.3 Å². The molecule has 2 heterocycles. The topological polar surface area (TPSA) is 49.8 Å². The Labute approximate surface area is 115 Å². The fourth-order valence-electron chi connectivity index (χ4n) is 2.05. The third-order valence-corrected chi connectivity index (χ3v) is 3.28. The average molecular weight is 279 g/mol. The summed E-state index contributed by atoms with van der Waals surface area (Å²) in [7, 11) is 0. The van der Waals surface area contributed by atoms with Crippen molar-refractivity contribution < 1.29 is 4.39 Å². The number of hydrogen-bond donors (Lipinski definition) is 2. The number of rotatable bonds is 2. The molecule has 1 aliphatic heterocycles. The van der Waals surface area contributed by atoms with Gasteiger partial charge < -0.3 is 10.6 Å². The monoisotopic (exact) mass is 278 g/mol. The minimum Gasteiger partial charge on any atom is -0.324 e. The third-order valence-electron chi connectivity index (χ3n) is 2.96. The van der Waals surface area contributed by atoms with Crippen LogP contribution in [0.4, 0.5) is 16.0 Å². The van der Waals surface area contributed by atoms with E-state index >= 15 is 0 Å². The van der Waals surface area contributed by atoms with Crippen LogP contribution in [0.3, 0.4) is 0 Å². The van der Waals surface area contributed by atoms with E-state index in [1.165, 1.54) is 12.1 Å². The molecule has 0 bridgehead atoms. The van der Waals surface area contributed by atoms with Crippen molar-refractivity contribution in [1.82, 2.24) is 15.3 Å². The van der Waals surface area contributed by atoms with E-state index in [1.807, 2.05) is 0 Å². The number of hydrogen-bond acceptors (Lipinski definition) is 4. The highest BCUT2D eigenvalue weighted by molar-refractivity contribution is 6.30. The number of nitrogens with zero attached hydrogens (tertiary/aromatic N) is 2.